The highest BCUT2D eigenvalue weighted by molar-refractivity contribution is 7.14. The lowest BCUT2D eigenvalue weighted by atomic mass is 10.3. The first-order valence-electron chi connectivity index (χ1n) is 8.58. The third-order valence-electron chi connectivity index (χ3n) is 3.74. The van der Waals surface area contributed by atoms with Crippen molar-refractivity contribution in [3.8, 4) is 0 Å². The van der Waals surface area contributed by atoms with Gasteiger partial charge in [0.1, 0.15) is 5.82 Å². The fraction of sp³-hybridized carbons (Fsp3) is 0.316. The van der Waals surface area contributed by atoms with Crippen molar-refractivity contribution in [3.05, 3.63) is 47.2 Å². The topological polar surface area (TPSA) is 62.7 Å². The van der Waals surface area contributed by atoms with Gasteiger partial charge in [-0.1, -0.05) is 12.1 Å². The van der Waals surface area contributed by atoms with Crippen molar-refractivity contribution in [1.29, 1.82) is 0 Å². The maximum atomic E-state index is 14.1. The summed E-state index contributed by atoms with van der Waals surface area (Å²) in [6.07, 6.45) is -0.189. The van der Waals surface area contributed by atoms with Crippen LogP contribution in [0, 0.1) is 5.82 Å². The van der Waals surface area contributed by atoms with Crippen LogP contribution in [0.5, 0.6) is 0 Å². The second-order valence-corrected chi connectivity index (χ2v) is 6.70. The quantitative estimate of drug-likeness (QED) is 0.573. The van der Waals surface area contributed by atoms with Crippen molar-refractivity contribution in [2.45, 2.75) is 13.3 Å². The molecule has 0 aliphatic rings. The lowest BCUT2D eigenvalue weighted by Crippen LogP contribution is -2.36. The summed E-state index contributed by atoms with van der Waals surface area (Å²) in [6.45, 7) is 0.728. The minimum atomic E-state index is -2.67. The molecule has 2 aromatic rings. The number of carbonyl (C=O) groups is 2. The number of benzene rings is 1. The Kier molecular flexibility index (Phi) is 8.34. The van der Waals surface area contributed by atoms with Gasteiger partial charge < -0.3 is 9.64 Å². The number of rotatable bonds is 9. The van der Waals surface area contributed by atoms with Gasteiger partial charge in [-0.25, -0.2) is 18.2 Å². The van der Waals surface area contributed by atoms with Crippen molar-refractivity contribution in [3.63, 3.8) is 0 Å². The number of carbonyl (C=O) groups excluding carboxylic acids is 2. The van der Waals surface area contributed by atoms with Gasteiger partial charge in [-0.3, -0.25) is 14.5 Å². The van der Waals surface area contributed by atoms with E-state index in [-0.39, 0.29) is 24.0 Å². The molecule has 0 saturated heterocycles. The molecule has 0 spiro atoms. The Labute approximate surface area is 170 Å². The van der Waals surface area contributed by atoms with Crippen LogP contribution in [0.3, 0.4) is 0 Å². The van der Waals surface area contributed by atoms with Gasteiger partial charge in [0.25, 0.3) is 6.43 Å². The highest BCUT2D eigenvalue weighted by Gasteiger charge is 2.21. The average molecular weight is 427 g/mol. The molecule has 0 bridgehead atoms. The van der Waals surface area contributed by atoms with E-state index in [9.17, 15) is 22.8 Å². The molecule has 2 rings (SSSR count). The minimum absolute atomic E-state index is 0.0255. The van der Waals surface area contributed by atoms with Crippen LogP contribution in [0.25, 0.3) is 6.08 Å². The number of thiazole rings is 1. The predicted octanol–water partition coefficient (Wildman–Crippen LogP) is 3.72. The molecule has 156 valence electrons. The van der Waals surface area contributed by atoms with Crippen molar-refractivity contribution in [1.82, 2.24) is 9.88 Å². The van der Waals surface area contributed by atoms with Crippen LogP contribution in [0.1, 0.15) is 12.6 Å². The summed E-state index contributed by atoms with van der Waals surface area (Å²) >= 11 is 1.09. The normalized spacial score (nSPS) is 11.2. The number of methoxy groups -OCH3 is 1. The van der Waals surface area contributed by atoms with Crippen LogP contribution in [0.15, 0.2) is 35.7 Å². The molecule has 1 heterocycles. The molecule has 0 radical (unpaired) electrons. The second-order valence-electron chi connectivity index (χ2n) is 5.86. The molecule has 0 aliphatic heterocycles. The third kappa shape index (κ3) is 6.40. The summed E-state index contributed by atoms with van der Waals surface area (Å²) < 4.78 is 44.2. The first kappa shape index (κ1) is 22.6. The van der Waals surface area contributed by atoms with Gasteiger partial charge in [-0.2, -0.15) is 0 Å². The molecule has 1 aromatic carbocycles. The predicted molar refractivity (Wildman–Crippen MR) is 105 cm³/mol. The summed E-state index contributed by atoms with van der Waals surface area (Å²) in [7, 11) is 1.41. The highest BCUT2D eigenvalue weighted by Crippen LogP contribution is 2.30. The van der Waals surface area contributed by atoms with Gasteiger partial charge in [0.05, 0.1) is 24.5 Å². The molecule has 0 saturated carbocycles. The van der Waals surface area contributed by atoms with E-state index in [2.05, 4.69) is 4.98 Å². The Bertz CT molecular complexity index is 873. The van der Waals surface area contributed by atoms with Gasteiger partial charge in [0, 0.05) is 32.0 Å². The zero-order valence-electron chi connectivity index (χ0n) is 15.8. The van der Waals surface area contributed by atoms with Gasteiger partial charge in [-0.05, 0) is 18.2 Å². The number of para-hydroxylation sites is 1. The Balaban J connectivity index is 2.18. The number of aromatic nitrogens is 1. The van der Waals surface area contributed by atoms with E-state index in [1.807, 2.05) is 0 Å². The lowest BCUT2D eigenvalue weighted by molar-refractivity contribution is -0.128. The number of amides is 2. The van der Waals surface area contributed by atoms with Gasteiger partial charge in [-0.15, -0.1) is 11.3 Å². The van der Waals surface area contributed by atoms with Crippen LogP contribution >= 0.6 is 11.3 Å². The van der Waals surface area contributed by atoms with Crippen LogP contribution in [0.4, 0.5) is 24.0 Å². The van der Waals surface area contributed by atoms with Crippen molar-refractivity contribution >= 4 is 40.0 Å². The lowest BCUT2D eigenvalue weighted by Gasteiger charge is -2.20. The Morgan fingerprint density at radius 1 is 1.31 bits per heavy atom. The number of nitrogens with zero attached hydrogens (tertiary/aromatic N) is 3. The molecule has 0 fully saturated rings. The molecular formula is C19H20F3N3O3S. The summed E-state index contributed by atoms with van der Waals surface area (Å²) in [5, 5.41) is 1.79. The number of anilines is 2. The molecule has 29 heavy (non-hydrogen) atoms. The summed E-state index contributed by atoms with van der Waals surface area (Å²) in [6, 6.07) is 5.79. The van der Waals surface area contributed by atoms with E-state index in [1.165, 1.54) is 38.3 Å². The van der Waals surface area contributed by atoms with Crippen LogP contribution in [-0.2, 0) is 14.3 Å². The molecule has 0 aliphatic carbocycles. The van der Waals surface area contributed by atoms with E-state index < -0.39 is 30.6 Å². The number of hydrogen-bond donors (Lipinski definition) is 0. The monoisotopic (exact) mass is 427 g/mol. The number of alkyl halides is 2. The van der Waals surface area contributed by atoms with Crippen LogP contribution in [-0.4, -0.2) is 54.9 Å². The van der Waals surface area contributed by atoms with E-state index in [0.717, 1.165) is 27.2 Å². The van der Waals surface area contributed by atoms with E-state index in [4.69, 9.17) is 4.74 Å². The smallest absolute Gasteiger partial charge is 0.255 e. The van der Waals surface area contributed by atoms with E-state index in [1.54, 1.807) is 11.4 Å². The Morgan fingerprint density at radius 2 is 2.03 bits per heavy atom. The highest BCUT2D eigenvalue weighted by atomic mass is 32.1. The SMILES string of the molecule is COCCN(CC(F)F)C(=O)/C=C/c1csc(N(C(C)=O)c2ccccc2F)n1. The molecular weight excluding hydrogens is 407 g/mol. The second kappa shape index (κ2) is 10.7. The minimum Gasteiger partial charge on any atom is -0.383 e. The molecule has 2 amide bonds. The Morgan fingerprint density at radius 3 is 2.66 bits per heavy atom. The Hall–Kier alpha value is -2.72. The maximum Gasteiger partial charge on any atom is 0.255 e. The van der Waals surface area contributed by atoms with Crippen molar-refractivity contribution < 1.29 is 27.5 Å². The fourth-order valence-corrected chi connectivity index (χ4v) is 3.27. The standard InChI is InChI=1S/C19H20F3N3O3S/c1-13(26)25(16-6-4-3-5-15(16)20)19-23-14(12-29-19)7-8-18(27)24(9-10-28-2)11-17(21)22/h3-8,12,17H,9-11H2,1-2H3/b8-7+. The van der Waals surface area contributed by atoms with Gasteiger partial charge in [0.2, 0.25) is 11.8 Å². The first-order chi connectivity index (χ1) is 13.8. The summed E-state index contributed by atoms with van der Waals surface area (Å²) in [5.41, 5.74) is 0.397. The van der Waals surface area contributed by atoms with E-state index >= 15 is 0 Å². The number of ether oxygens (including phenoxy) is 1. The molecule has 0 atom stereocenters. The number of halogens is 3. The maximum absolute atomic E-state index is 14.1. The molecule has 0 unspecified atom stereocenters. The van der Waals surface area contributed by atoms with Crippen molar-refractivity contribution in [2.24, 2.45) is 0 Å². The van der Waals surface area contributed by atoms with Crippen molar-refractivity contribution in [2.75, 3.05) is 31.7 Å². The van der Waals surface area contributed by atoms with Gasteiger partial charge >= 0.3 is 0 Å². The molecule has 10 heteroatoms. The van der Waals surface area contributed by atoms with E-state index in [0.29, 0.717) is 5.69 Å². The zero-order valence-corrected chi connectivity index (χ0v) is 16.7. The largest absolute Gasteiger partial charge is 0.383 e. The molecule has 1 aromatic heterocycles. The van der Waals surface area contributed by atoms with Crippen LogP contribution in [0.2, 0.25) is 0 Å². The average Bonchev–Trinajstić information content (AvgIpc) is 3.12. The van der Waals surface area contributed by atoms with Crippen LogP contribution < -0.4 is 4.90 Å². The summed E-state index contributed by atoms with van der Waals surface area (Å²) in [4.78, 5) is 30.5. The fourth-order valence-electron chi connectivity index (χ4n) is 2.42. The first-order valence-corrected chi connectivity index (χ1v) is 9.46. The number of hydrogen-bond acceptors (Lipinski definition) is 5. The molecule has 6 nitrogen and oxygen atoms in total. The van der Waals surface area contributed by atoms with Gasteiger partial charge in [0.15, 0.2) is 5.13 Å². The zero-order chi connectivity index (χ0) is 21.4. The summed E-state index contributed by atoms with van der Waals surface area (Å²) in [5.74, 6) is -1.63. The molecule has 0 N–H and O–H groups in total. The third-order valence-corrected chi connectivity index (χ3v) is 4.59.